The summed E-state index contributed by atoms with van der Waals surface area (Å²) in [7, 11) is -4.24. The number of nitrogens with zero attached hydrogens (tertiary/aromatic N) is 2. The van der Waals surface area contributed by atoms with Crippen LogP contribution in [0, 0.1) is 0 Å². The van der Waals surface area contributed by atoms with Crippen LogP contribution in [0.1, 0.15) is 19.4 Å². The number of fused-ring (bicyclic) bond motifs is 1. The first-order chi connectivity index (χ1) is 14.7. The van der Waals surface area contributed by atoms with Crippen LogP contribution in [0.2, 0.25) is 0 Å². The highest BCUT2D eigenvalue weighted by Crippen LogP contribution is 2.42. The molecule has 2 heterocycles. The molecular formula is C21H23BrF3N3O2S. The van der Waals surface area contributed by atoms with Gasteiger partial charge in [-0.05, 0) is 40.2 Å². The van der Waals surface area contributed by atoms with Crippen molar-refractivity contribution in [1.29, 1.82) is 0 Å². The molecule has 0 aliphatic carbocycles. The van der Waals surface area contributed by atoms with Crippen molar-refractivity contribution >= 4 is 42.5 Å². The highest BCUT2D eigenvalue weighted by Gasteiger charge is 2.38. The molecule has 0 spiro atoms. The third kappa shape index (κ3) is 4.47. The number of alkyl halides is 3. The summed E-state index contributed by atoms with van der Waals surface area (Å²) in [5, 5.41) is 3.06. The van der Waals surface area contributed by atoms with Crippen molar-refractivity contribution in [3.05, 3.63) is 58.7 Å². The molecule has 0 radical (unpaired) electrons. The molecule has 31 heavy (non-hydrogen) atoms. The van der Waals surface area contributed by atoms with Gasteiger partial charge in [0.1, 0.15) is 4.90 Å². The molecule has 2 aromatic carbocycles. The average Bonchev–Trinajstić information content (AvgIpc) is 3.17. The predicted octanol–water partition coefficient (Wildman–Crippen LogP) is 5.10. The van der Waals surface area contributed by atoms with E-state index >= 15 is 0 Å². The molecule has 0 bridgehead atoms. The van der Waals surface area contributed by atoms with Crippen LogP contribution < -0.4 is 10.2 Å². The number of benzene rings is 2. The van der Waals surface area contributed by atoms with Gasteiger partial charge in [0.05, 0.1) is 11.1 Å². The number of halogens is 4. The Kier molecular flexibility index (Phi) is 7.02. The molecule has 1 N–H and O–H groups in total. The summed E-state index contributed by atoms with van der Waals surface area (Å²) in [4.78, 5) is 1.75. The van der Waals surface area contributed by atoms with Gasteiger partial charge < -0.3 is 10.2 Å². The molecule has 0 saturated carbocycles. The van der Waals surface area contributed by atoms with E-state index in [0.717, 1.165) is 3.97 Å². The molecule has 1 aliphatic heterocycles. The molecule has 10 heteroatoms. The second kappa shape index (κ2) is 9.22. The molecule has 168 valence electrons. The normalized spacial score (nSPS) is 15.0. The monoisotopic (exact) mass is 517 g/mol. The molecule has 4 rings (SSSR count). The van der Waals surface area contributed by atoms with Crippen LogP contribution in [0.4, 0.5) is 18.9 Å². The lowest BCUT2D eigenvalue weighted by molar-refractivity contribution is -0.136. The van der Waals surface area contributed by atoms with Gasteiger partial charge in [0, 0.05) is 47.9 Å². The van der Waals surface area contributed by atoms with Gasteiger partial charge >= 0.3 is 6.18 Å². The Hall–Kier alpha value is -2.04. The second-order valence-electron chi connectivity index (χ2n) is 6.68. The molecular weight excluding hydrogens is 495 g/mol. The van der Waals surface area contributed by atoms with Gasteiger partial charge in [-0.15, -0.1) is 0 Å². The van der Waals surface area contributed by atoms with Crippen LogP contribution in [0.3, 0.4) is 0 Å². The van der Waals surface area contributed by atoms with Gasteiger partial charge in [-0.2, -0.15) is 13.2 Å². The summed E-state index contributed by atoms with van der Waals surface area (Å²) >= 11 is 3.19. The van der Waals surface area contributed by atoms with E-state index in [2.05, 4.69) is 21.2 Å². The van der Waals surface area contributed by atoms with Crippen molar-refractivity contribution < 1.29 is 21.6 Å². The second-order valence-corrected chi connectivity index (χ2v) is 9.32. The van der Waals surface area contributed by atoms with E-state index in [1.54, 1.807) is 18.2 Å². The lowest BCUT2D eigenvalue weighted by Gasteiger charge is -2.30. The Balaban J connectivity index is 0.00000132. The third-order valence-corrected chi connectivity index (χ3v) is 7.60. The van der Waals surface area contributed by atoms with E-state index in [1.807, 2.05) is 18.7 Å². The number of aromatic nitrogens is 1. The van der Waals surface area contributed by atoms with Gasteiger partial charge in [-0.3, -0.25) is 0 Å². The highest BCUT2D eigenvalue weighted by atomic mass is 79.9. The Morgan fingerprint density at radius 1 is 1.00 bits per heavy atom. The number of nitrogens with one attached hydrogen (secondary N) is 1. The van der Waals surface area contributed by atoms with Crippen molar-refractivity contribution in [2.45, 2.75) is 24.9 Å². The van der Waals surface area contributed by atoms with E-state index < -0.39 is 21.8 Å². The Bertz CT molecular complexity index is 1170. The fraction of sp³-hybridized carbons (Fsp3) is 0.333. The van der Waals surface area contributed by atoms with E-state index in [9.17, 15) is 21.6 Å². The minimum absolute atomic E-state index is 0.00381. The smallest absolute Gasteiger partial charge is 0.368 e. The molecule has 0 unspecified atom stereocenters. The van der Waals surface area contributed by atoms with E-state index in [-0.39, 0.29) is 20.3 Å². The Morgan fingerprint density at radius 3 is 2.26 bits per heavy atom. The maximum Gasteiger partial charge on any atom is 0.418 e. The molecule has 0 atom stereocenters. The number of anilines is 1. The molecule has 1 aromatic heterocycles. The van der Waals surface area contributed by atoms with E-state index in [4.69, 9.17) is 0 Å². The van der Waals surface area contributed by atoms with Gasteiger partial charge in [0.25, 0.3) is 10.0 Å². The number of rotatable bonds is 3. The maximum atomic E-state index is 13.9. The first-order valence-corrected chi connectivity index (χ1v) is 12.1. The topological polar surface area (TPSA) is 54.3 Å². The summed E-state index contributed by atoms with van der Waals surface area (Å²) in [5.41, 5.74) is -0.571. The van der Waals surface area contributed by atoms with Crippen molar-refractivity contribution in [3.8, 4) is 0 Å². The first-order valence-electron chi connectivity index (χ1n) is 9.88. The zero-order valence-electron chi connectivity index (χ0n) is 17.1. The van der Waals surface area contributed by atoms with Crippen LogP contribution in [-0.2, 0) is 16.2 Å². The number of hydrogen-bond acceptors (Lipinski definition) is 4. The molecule has 1 aliphatic rings. The van der Waals surface area contributed by atoms with Gasteiger partial charge in [0.15, 0.2) is 0 Å². The molecule has 1 fully saturated rings. The lowest BCUT2D eigenvalue weighted by atomic mass is 10.1. The minimum atomic E-state index is -4.70. The zero-order valence-corrected chi connectivity index (χ0v) is 19.5. The van der Waals surface area contributed by atoms with Crippen LogP contribution in [0.25, 0.3) is 10.9 Å². The molecule has 5 nitrogen and oxygen atoms in total. The summed E-state index contributed by atoms with van der Waals surface area (Å²) in [6.07, 6.45) is -4.01. The minimum Gasteiger partial charge on any atom is -0.368 e. The Labute approximate surface area is 188 Å². The summed E-state index contributed by atoms with van der Waals surface area (Å²) in [6.45, 7) is 6.37. The molecule has 1 saturated heterocycles. The molecule has 3 aromatic rings. The summed E-state index contributed by atoms with van der Waals surface area (Å²) < 4.78 is 69.2. The standard InChI is InChI=1S/C19H17BrF3N3O2S.C2H6/c20-14-4-1-2-7-17(14)29(27,28)26-12-13(19(21,22)23)18-15(5-3-6-16(18)26)25-10-8-24-9-11-25;1-2/h1-7,12,24H,8-11H2;1-2H3. The largest absolute Gasteiger partial charge is 0.418 e. The quantitative estimate of drug-likeness (QED) is 0.525. The predicted molar refractivity (Wildman–Crippen MR) is 120 cm³/mol. The van der Waals surface area contributed by atoms with Gasteiger partial charge in [-0.1, -0.05) is 32.0 Å². The fourth-order valence-corrected chi connectivity index (χ4v) is 5.91. The first kappa shape index (κ1) is 23.6. The maximum absolute atomic E-state index is 13.9. The van der Waals surface area contributed by atoms with E-state index in [1.165, 1.54) is 24.3 Å². The Morgan fingerprint density at radius 2 is 1.65 bits per heavy atom. The highest BCUT2D eigenvalue weighted by molar-refractivity contribution is 9.10. The summed E-state index contributed by atoms with van der Waals surface area (Å²) in [5.74, 6) is 0. The summed E-state index contributed by atoms with van der Waals surface area (Å²) in [6, 6.07) is 10.7. The third-order valence-electron chi connectivity index (χ3n) is 4.91. The van der Waals surface area contributed by atoms with Crippen molar-refractivity contribution in [1.82, 2.24) is 9.29 Å². The van der Waals surface area contributed by atoms with Crippen LogP contribution in [0.15, 0.2) is 58.0 Å². The van der Waals surface area contributed by atoms with Crippen LogP contribution >= 0.6 is 15.9 Å². The van der Waals surface area contributed by atoms with Gasteiger partial charge in [-0.25, -0.2) is 12.4 Å². The van der Waals surface area contributed by atoms with Gasteiger partial charge in [0.2, 0.25) is 0 Å². The lowest BCUT2D eigenvalue weighted by Crippen LogP contribution is -2.43. The van der Waals surface area contributed by atoms with Crippen LogP contribution in [0.5, 0.6) is 0 Å². The van der Waals surface area contributed by atoms with Crippen LogP contribution in [-0.4, -0.2) is 38.6 Å². The SMILES string of the molecule is CC.O=S(=O)(c1ccccc1Br)n1cc(C(F)(F)F)c2c(N3CCNCC3)cccc21. The zero-order chi connectivity index (χ0) is 22.8. The van der Waals surface area contributed by atoms with Crippen molar-refractivity contribution in [2.24, 2.45) is 0 Å². The van der Waals surface area contributed by atoms with E-state index in [0.29, 0.717) is 38.1 Å². The average molecular weight is 518 g/mol. The number of hydrogen-bond donors (Lipinski definition) is 1. The molecule has 0 amide bonds. The fourth-order valence-electron chi connectivity index (χ4n) is 3.58. The van der Waals surface area contributed by atoms with Crippen molar-refractivity contribution in [3.63, 3.8) is 0 Å². The number of piperazine rings is 1. The van der Waals surface area contributed by atoms with Crippen molar-refractivity contribution in [2.75, 3.05) is 31.1 Å².